The lowest BCUT2D eigenvalue weighted by atomic mass is 10.2. The molecule has 0 saturated heterocycles. The van der Waals surface area contributed by atoms with Gasteiger partial charge in [-0.05, 0) is 30.5 Å². The molecule has 9 heteroatoms. The molecule has 2 amide bonds. The minimum atomic E-state index is -0.581. The van der Waals surface area contributed by atoms with E-state index in [-0.39, 0.29) is 11.3 Å². The molecule has 0 bridgehead atoms. The molecule has 0 unspecified atom stereocenters. The lowest BCUT2D eigenvalue weighted by Crippen LogP contribution is -2.41. The molecular formula is C14H13N3O5S. The van der Waals surface area contributed by atoms with Gasteiger partial charge in [-0.15, -0.1) is 11.3 Å². The van der Waals surface area contributed by atoms with Crippen LogP contribution in [0.2, 0.25) is 0 Å². The summed E-state index contributed by atoms with van der Waals surface area (Å²) in [6.45, 7) is 2.22. The molecule has 120 valence electrons. The Kier molecular flexibility index (Phi) is 5.26. The Hall–Kier alpha value is -2.94. The zero-order valence-corrected chi connectivity index (χ0v) is 12.9. The van der Waals surface area contributed by atoms with Gasteiger partial charge in [0.1, 0.15) is 10.6 Å². The number of amides is 2. The number of nitrogens with one attached hydrogen (secondary N) is 2. The lowest BCUT2D eigenvalue weighted by molar-refractivity contribution is -0.384. The number of thiophene rings is 1. The standard InChI is InChI=1S/C14H13N3O5S/c1-2-22-11-7-8-23-12(11)14(19)16-15-13(18)9-3-5-10(6-4-9)17(20)21/h3-8H,2H2,1H3,(H,15,18)(H,16,19). The first-order valence-electron chi connectivity index (χ1n) is 6.58. The van der Waals surface area contributed by atoms with E-state index in [9.17, 15) is 19.7 Å². The van der Waals surface area contributed by atoms with Gasteiger partial charge in [0.25, 0.3) is 17.5 Å². The van der Waals surface area contributed by atoms with Crippen molar-refractivity contribution >= 4 is 28.8 Å². The summed E-state index contributed by atoms with van der Waals surface area (Å²) in [5, 5.41) is 12.3. The van der Waals surface area contributed by atoms with Crippen molar-refractivity contribution in [2.75, 3.05) is 6.61 Å². The monoisotopic (exact) mass is 335 g/mol. The first-order chi connectivity index (χ1) is 11.0. The molecule has 2 aromatic rings. The molecule has 0 radical (unpaired) electrons. The first-order valence-corrected chi connectivity index (χ1v) is 7.46. The van der Waals surface area contributed by atoms with Crippen LogP contribution in [0.3, 0.4) is 0 Å². The minimum absolute atomic E-state index is 0.120. The molecule has 8 nitrogen and oxygen atoms in total. The van der Waals surface area contributed by atoms with E-state index < -0.39 is 16.7 Å². The number of nitrogens with zero attached hydrogens (tertiary/aromatic N) is 1. The van der Waals surface area contributed by atoms with Crippen molar-refractivity contribution in [1.82, 2.24) is 10.9 Å². The molecule has 1 heterocycles. The fourth-order valence-corrected chi connectivity index (χ4v) is 2.44. The van der Waals surface area contributed by atoms with Crippen LogP contribution in [0.25, 0.3) is 0 Å². The molecule has 2 N–H and O–H groups in total. The van der Waals surface area contributed by atoms with Gasteiger partial charge < -0.3 is 4.74 Å². The van der Waals surface area contributed by atoms with Crippen molar-refractivity contribution in [2.45, 2.75) is 6.92 Å². The summed E-state index contributed by atoms with van der Waals surface area (Å²) in [6.07, 6.45) is 0. The number of rotatable bonds is 5. The van der Waals surface area contributed by atoms with Crippen LogP contribution in [0.15, 0.2) is 35.7 Å². The molecule has 2 rings (SSSR count). The Labute approximate surface area is 135 Å². The summed E-state index contributed by atoms with van der Waals surface area (Å²) in [6, 6.07) is 6.69. The van der Waals surface area contributed by atoms with Crippen molar-refractivity contribution in [3.8, 4) is 5.75 Å². The van der Waals surface area contributed by atoms with Crippen LogP contribution >= 0.6 is 11.3 Å². The van der Waals surface area contributed by atoms with E-state index in [1.165, 1.54) is 35.6 Å². The van der Waals surface area contributed by atoms with E-state index >= 15 is 0 Å². The number of nitro groups is 1. The van der Waals surface area contributed by atoms with Crippen molar-refractivity contribution in [3.05, 3.63) is 56.3 Å². The van der Waals surface area contributed by atoms with E-state index in [0.29, 0.717) is 17.2 Å². The molecule has 0 saturated carbocycles. The molecule has 0 atom stereocenters. The van der Waals surface area contributed by atoms with Crippen molar-refractivity contribution < 1.29 is 19.2 Å². The highest BCUT2D eigenvalue weighted by Gasteiger charge is 2.16. The zero-order chi connectivity index (χ0) is 16.8. The van der Waals surface area contributed by atoms with Crippen molar-refractivity contribution in [2.24, 2.45) is 0 Å². The van der Waals surface area contributed by atoms with E-state index in [1.54, 1.807) is 18.4 Å². The third-order valence-corrected chi connectivity index (χ3v) is 3.66. The minimum Gasteiger partial charge on any atom is -0.492 e. The molecule has 0 aliphatic rings. The van der Waals surface area contributed by atoms with Crippen molar-refractivity contribution in [1.29, 1.82) is 0 Å². The number of benzene rings is 1. The van der Waals surface area contributed by atoms with Gasteiger partial charge in [-0.3, -0.25) is 30.6 Å². The Morgan fingerprint density at radius 1 is 1.17 bits per heavy atom. The van der Waals surface area contributed by atoms with Crippen LogP contribution in [0.4, 0.5) is 5.69 Å². The number of hydrogen-bond donors (Lipinski definition) is 2. The largest absolute Gasteiger partial charge is 0.492 e. The van der Waals surface area contributed by atoms with Crippen LogP contribution in [-0.4, -0.2) is 23.3 Å². The normalized spacial score (nSPS) is 9.96. The van der Waals surface area contributed by atoms with E-state index in [4.69, 9.17) is 4.74 Å². The van der Waals surface area contributed by atoms with Gasteiger partial charge in [0.05, 0.1) is 11.5 Å². The van der Waals surface area contributed by atoms with E-state index in [2.05, 4.69) is 10.9 Å². The van der Waals surface area contributed by atoms with Crippen LogP contribution in [0, 0.1) is 10.1 Å². The second-order valence-corrected chi connectivity index (χ2v) is 5.18. The number of hydrogen-bond acceptors (Lipinski definition) is 6. The number of hydrazine groups is 1. The Bertz CT molecular complexity index is 726. The maximum Gasteiger partial charge on any atom is 0.283 e. The molecule has 1 aromatic heterocycles. The number of carbonyl (C=O) groups is 2. The van der Waals surface area contributed by atoms with E-state index in [0.717, 1.165) is 0 Å². The van der Waals surface area contributed by atoms with Crippen molar-refractivity contribution in [3.63, 3.8) is 0 Å². The highest BCUT2D eigenvalue weighted by molar-refractivity contribution is 7.12. The summed E-state index contributed by atoms with van der Waals surface area (Å²) in [5.74, 6) is -0.638. The van der Waals surface area contributed by atoms with Crippen LogP contribution < -0.4 is 15.6 Å². The second-order valence-electron chi connectivity index (χ2n) is 4.26. The molecule has 0 fully saturated rings. The maximum absolute atomic E-state index is 12.0. The number of ether oxygens (including phenoxy) is 1. The van der Waals surface area contributed by atoms with Gasteiger partial charge in [0.2, 0.25) is 0 Å². The van der Waals surface area contributed by atoms with Crippen LogP contribution in [0.1, 0.15) is 27.0 Å². The van der Waals surface area contributed by atoms with Gasteiger partial charge in [0.15, 0.2) is 0 Å². The summed E-state index contributed by atoms with van der Waals surface area (Å²) in [7, 11) is 0. The second kappa shape index (κ2) is 7.36. The Balaban J connectivity index is 1.97. The van der Waals surface area contributed by atoms with Gasteiger partial charge in [-0.25, -0.2) is 0 Å². The van der Waals surface area contributed by atoms with Gasteiger partial charge in [-0.1, -0.05) is 0 Å². The van der Waals surface area contributed by atoms with Gasteiger partial charge in [0, 0.05) is 17.7 Å². The van der Waals surface area contributed by atoms with Crippen LogP contribution in [0.5, 0.6) is 5.75 Å². The third-order valence-electron chi connectivity index (χ3n) is 2.77. The topological polar surface area (TPSA) is 111 Å². The molecular weight excluding hydrogens is 322 g/mol. The number of carbonyl (C=O) groups excluding carboxylic acids is 2. The predicted octanol–water partition coefficient (Wildman–Crippen LogP) is 2.13. The lowest BCUT2D eigenvalue weighted by Gasteiger charge is -2.08. The smallest absolute Gasteiger partial charge is 0.283 e. The van der Waals surface area contributed by atoms with Gasteiger partial charge >= 0.3 is 0 Å². The summed E-state index contributed by atoms with van der Waals surface area (Å²) in [5.41, 5.74) is 4.59. The highest BCUT2D eigenvalue weighted by atomic mass is 32.1. The maximum atomic E-state index is 12.0. The molecule has 23 heavy (non-hydrogen) atoms. The average Bonchev–Trinajstić information content (AvgIpc) is 3.01. The molecule has 0 aliphatic carbocycles. The van der Waals surface area contributed by atoms with E-state index in [1.807, 2.05) is 0 Å². The zero-order valence-electron chi connectivity index (χ0n) is 12.1. The average molecular weight is 335 g/mol. The SMILES string of the molecule is CCOc1ccsc1C(=O)NNC(=O)c1ccc([N+](=O)[O-])cc1. The molecule has 1 aromatic carbocycles. The third kappa shape index (κ3) is 4.04. The predicted molar refractivity (Wildman–Crippen MR) is 83.5 cm³/mol. The van der Waals surface area contributed by atoms with Crippen LogP contribution in [-0.2, 0) is 0 Å². The molecule has 0 spiro atoms. The number of non-ortho nitro benzene ring substituents is 1. The Morgan fingerprint density at radius 2 is 1.83 bits per heavy atom. The fraction of sp³-hybridized carbons (Fsp3) is 0.143. The van der Waals surface area contributed by atoms with Gasteiger partial charge in [-0.2, -0.15) is 0 Å². The summed E-state index contributed by atoms with van der Waals surface area (Å²) < 4.78 is 5.30. The Morgan fingerprint density at radius 3 is 2.43 bits per heavy atom. The highest BCUT2D eigenvalue weighted by Crippen LogP contribution is 2.24. The fourth-order valence-electron chi connectivity index (χ4n) is 1.71. The first kappa shape index (κ1) is 16.4. The molecule has 0 aliphatic heterocycles. The quantitative estimate of drug-likeness (QED) is 0.642. The number of nitro benzene ring substituents is 1. The summed E-state index contributed by atoms with van der Waals surface area (Å²) >= 11 is 1.19. The summed E-state index contributed by atoms with van der Waals surface area (Å²) in [4.78, 5) is 34.2.